The maximum Gasteiger partial charge on any atom is 0.252 e. The summed E-state index contributed by atoms with van der Waals surface area (Å²) < 4.78 is 6.62. The van der Waals surface area contributed by atoms with E-state index in [4.69, 9.17) is 16.3 Å². The zero-order valence-electron chi connectivity index (χ0n) is 13.4. The molecule has 0 aliphatic carbocycles. The summed E-state index contributed by atoms with van der Waals surface area (Å²) in [4.78, 5) is 17.2. The first-order valence-corrected chi connectivity index (χ1v) is 7.84. The minimum atomic E-state index is -0.178. The lowest BCUT2D eigenvalue weighted by Gasteiger charge is -2.09. The molecule has 7 heteroatoms. The summed E-state index contributed by atoms with van der Waals surface area (Å²) in [5.41, 5.74) is 2.77. The molecule has 0 atom stereocenters. The smallest absolute Gasteiger partial charge is 0.252 e. The Labute approximate surface area is 144 Å². The Balaban J connectivity index is 2.06. The molecular weight excluding hydrogens is 328 g/mol. The van der Waals surface area contributed by atoms with Crippen molar-refractivity contribution in [3.05, 3.63) is 47.1 Å². The zero-order chi connectivity index (χ0) is 17.1. The molecule has 2 aromatic heterocycles. The van der Waals surface area contributed by atoms with Crippen LogP contribution in [0.5, 0.6) is 0 Å². The van der Waals surface area contributed by atoms with Crippen molar-refractivity contribution in [3.8, 4) is 11.3 Å². The molecule has 0 saturated heterocycles. The summed E-state index contributed by atoms with van der Waals surface area (Å²) in [5.74, 6) is -0.178. The summed E-state index contributed by atoms with van der Waals surface area (Å²) in [6.07, 6.45) is 1.65. The molecule has 0 saturated carbocycles. The van der Waals surface area contributed by atoms with E-state index in [9.17, 15) is 4.79 Å². The van der Waals surface area contributed by atoms with E-state index in [1.807, 2.05) is 12.1 Å². The molecule has 6 nitrogen and oxygen atoms in total. The van der Waals surface area contributed by atoms with Crippen molar-refractivity contribution < 1.29 is 9.53 Å². The van der Waals surface area contributed by atoms with Gasteiger partial charge in [-0.2, -0.15) is 5.10 Å². The molecule has 1 amide bonds. The van der Waals surface area contributed by atoms with Gasteiger partial charge in [-0.1, -0.05) is 23.7 Å². The van der Waals surface area contributed by atoms with Gasteiger partial charge in [-0.25, -0.2) is 4.98 Å². The van der Waals surface area contributed by atoms with Crippen LogP contribution in [0.2, 0.25) is 5.02 Å². The standard InChI is InChI=1S/C17H17ClN4O2/c1-22-16-14(10-20-22)13(17(23)19-7-8-24-2)9-15(21-16)11-3-5-12(18)6-4-11/h3-6,9-10H,7-8H2,1-2H3,(H,19,23). The van der Waals surface area contributed by atoms with Crippen molar-refractivity contribution in [1.29, 1.82) is 0 Å². The quantitative estimate of drug-likeness (QED) is 0.722. The van der Waals surface area contributed by atoms with Gasteiger partial charge in [0.1, 0.15) is 0 Å². The van der Waals surface area contributed by atoms with Crippen molar-refractivity contribution >= 4 is 28.5 Å². The third-order valence-electron chi connectivity index (χ3n) is 3.68. The fourth-order valence-electron chi connectivity index (χ4n) is 2.43. The third-order valence-corrected chi connectivity index (χ3v) is 3.93. The molecule has 0 aliphatic heterocycles. The zero-order valence-corrected chi connectivity index (χ0v) is 14.2. The third kappa shape index (κ3) is 3.25. The summed E-state index contributed by atoms with van der Waals surface area (Å²) in [5, 5.41) is 8.42. The van der Waals surface area contributed by atoms with Gasteiger partial charge in [0.05, 0.1) is 29.4 Å². The topological polar surface area (TPSA) is 69.0 Å². The molecule has 0 fully saturated rings. The second-order valence-corrected chi connectivity index (χ2v) is 5.75. The van der Waals surface area contributed by atoms with Crippen molar-refractivity contribution in [2.75, 3.05) is 20.3 Å². The van der Waals surface area contributed by atoms with Gasteiger partial charge in [-0.15, -0.1) is 0 Å². The van der Waals surface area contributed by atoms with Gasteiger partial charge in [0, 0.05) is 31.3 Å². The average molecular weight is 345 g/mol. The monoisotopic (exact) mass is 344 g/mol. The molecule has 0 unspecified atom stereocenters. The number of aryl methyl sites for hydroxylation is 1. The maximum atomic E-state index is 12.5. The Hall–Kier alpha value is -2.44. The van der Waals surface area contributed by atoms with Gasteiger partial charge in [0.15, 0.2) is 5.65 Å². The van der Waals surface area contributed by atoms with Gasteiger partial charge in [-0.3, -0.25) is 9.48 Å². The van der Waals surface area contributed by atoms with Crippen LogP contribution in [0, 0.1) is 0 Å². The molecular formula is C17H17ClN4O2. The number of methoxy groups -OCH3 is 1. The minimum Gasteiger partial charge on any atom is -0.383 e. The highest BCUT2D eigenvalue weighted by Gasteiger charge is 2.16. The van der Waals surface area contributed by atoms with Crippen molar-refractivity contribution in [1.82, 2.24) is 20.1 Å². The van der Waals surface area contributed by atoms with Crippen LogP contribution in [-0.2, 0) is 11.8 Å². The van der Waals surface area contributed by atoms with E-state index in [1.54, 1.807) is 43.2 Å². The molecule has 1 aromatic carbocycles. The summed E-state index contributed by atoms with van der Waals surface area (Å²) in [7, 11) is 3.39. The van der Waals surface area contributed by atoms with Crippen molar-refractivity contribution in [2.24, 2.45) is 7.05 Å². The van der Waals surface area contributed by atoms with Gasteiger partial charge in [-0.05, 0) is 18.2 Å². The second-order valence-electron chi connectivity index (χ2n) is 5.32. The van der Waals surface area contributed by atoms with Gasteiger partial charge < -0.3 is 10.1 Å². The van der Waals surface area contributed by atoms with E-state index in [0.717, 1.165) is 5.56 Å². The number of halogens is 1. The number of rotatable bonds is 5. The summed E-state index contributed by atoms with van der Waals surface area (Å²) in [6.45, 7) is 0.896. The number of fused-ring (bicyclic) bond motifs is 1. The number of hydrogen-bond donors (Lipinski definition) is 1. The van der Waals surface area contributed by atoms with Crippen LogP contribution in [-0.4, -0.2) is 40.9 Å². The lowest BCUT2D eigenvalue weighted by Crippen LogP contribution is -2.27. The lowest BCUT2D eigenvalue weighted by atomic mass is 10.1. The number of nitrogens with one attached hydrogen (secondary N) is 1. The van der Waals surface area contributed by atoms with Crippen molar-refractivity contribution in [2.45, 2.75) is 0 Å². The number of nitrogens with zero attached hydrogens (tertiary/aromatic N) is 3. The normalized spacial score (nSPS) is 11.0. The second kappa shape index (κ2) is 6.98. The highest BCUT2D eigenvalue weighted by molar-refractivity contribution is 6.30. The van der Waals surface area contributed by atoms with Crippen LogP contribution < -0.4 is 5.32 Å². The molecule has 1 N–H and O–H groups in total. The number of benzene rings is 1. The van der Waals surface area contributed by atoms with E-state index in [2.05, 4.69) is 15.4 Å². The largest absolute Gasteiger partial charge is 0.383 e. The molecule has 0 spiro atoms. The first kappa shape index (κ1) is 16.4. The van der Waals surface area contributed by atoms with Crippen LogP contribution in [0.3, 0.4) is 0 Å². The number of carbonyl (C=O) groups is 1. The number of carbonyl (C=O) groups excluding carboxylic acids is 1. The van der Waals surface area contributed by atoms with Gasteiger partial charge in [0.2, 0.25) is 0 Å². The summed E-state index contributed by atoms with van der Waals surface area (Å²) >= 11 is 5.94. The first-order valence-electron chi connectivity index (χ1n) is 7.46. The van der Waals surface area contributed by atoms with Crippen LogP contribution in [0.25, 0.3) is 22.3 Å². The van der Waals surface area contributed by atoms with E-state index in [0.29, 0.717) is 40.5 Å². The number of ether oxygens (including phenoxy) is 1. The predicted octanol–water partition coefficient (Wildman–Crippen LogP) is 2.66. The number of hydrogen-bond acceptors (Lipinski definition) is 4. The van der Waals surface area contributed by atoms with Gasteiger partial charge >= 0.3 is 0 Å². The number of amides is 1. The molecule has 3 rings (SSSR count). The van der Waals surface area contributed by atoms with E-state index >= 15 is 0 Å². The molecule has 0 radical (unpaired) electrons. The van der Waals surface area contributed by atoms with Crippen LogP contribution >= 0.6 is 11.6 Å². The van der Waals surface area contributed by atoms with E-state index in [-0.39, 0.29) is 5.91 Å². The molecule has 124 valence electrons. The average Bonchev–Trinajstić information content (AvgIpc) is 2.96. The van der Waals surface area contributed by atoms with Crippen LogP contribution in [0.15, 0.2) is 36.5 Å². The number of aromatic nitrogens is 3. The Kier molecular flexibility index (Phi) is 4.78. The first-order chi connectivity index (χ1) is 11.6. The highest BCUT2D eigenvalue weighted by Crippen LogP contribution is 2.25. The Bertz CT molecular complexity index is 874. The predicted molar refractivity (Wildman–Crippen MR) is 93.2 cm³/mol. The van der Waals surface area contributed by atoms with Crippen LogP contribution in [0.1, 0.15) is 10.4 Å². The van der Waals surface area contributed by atoms with Gasteiger partial charge in [0.25, 0.3) is 5.91 Å². The molecule has 0 aliphatic rings. The number of pyridine rings is 1. The summed E-state index contributed by atoms with van der Waals surface area (Å²) in [6, 6.07) is 9.11. The Morgan fingerprint density at radius 3 is 2.79 bits per heavy atom. The fourth-order valence-corrected chi connectivity index (χ4v) is 2.56. The Morgan fingerprint density at radius 2 is 2.08 bits per heavy atom. The molecule has 2 heterocycles. The lowest BCUT2D eigenvalue weighted by molar-refractivity contribution is 0.0938. The molecule has 3 aromatic rings. The Morgan fingerprint density at radius 1 is 1.33 bits per heavy atom. The highest BCUT2D eigenvalue weighted by atomic mass is 35.5. The SMILES string of the molecule is COCCNC(=O)c1cc(-c2ccc(Cl)cc2)nc2c1cnn2C. The van der Waals surface area contributed by atoms with Crippen LogP contribution in [0.4, 0.5) is 0 Å². The molecule has 0 bridgehead atoms. The molecule has 24 heavy (non-hydrogen) atoms. The fraction of sp³-hybridized carbons (Fsp3) is 0.235. The van der Waals surface area contributed by atoms with E-state index in [1.165, 1.54) is 0 Å². The van der Waals surface area contributed by atoms with Crippen molar-refractivity contribution in [3.63, 3.8) is 0 Å². The maximum absolute atomic E-state index is 12.5. The minimum absolute atomic E-state index is 0.178. The van der Waals surface area contributed by atoms with E-state index < -0.39 is 0 Å².